The second kappa shape index (κ2) is 7.04. The molecular weight excluding hydrogens is 308 g/mol. The number of hydrogen-bond donors (Lipinski definition) is 1. The lowest BCUT2D eigenvalue weighted by atomic mass is 10.0. The molecule has 0 spiro atoms. The fraction of sp³-hybridized carbons (Fsp3) is 0.714. The summed E-state index contributed by atoms with van der Waals surface area (Å²) in [4.78, 5) is 3.81. The van der Waals surface area contributed by atoms with E-state index in [1.165, 1.54) is 9.35 Å². The molecule has 2 nitrogen and oxygen atoms in total. The number of halogens is 1. The zero-order chi connectivity index (χ0) is 13.8. The van der Waals surface area contributed by atoms with E-state index in [1.54, 1.807) is 0 Å². The normalized spacial score (nSPS) is 14.2. The molecule has 0 aliphatic rings. The first-order chi connectivity index (χ1) is 8.34. The predicted octanol–water partition coefficient (Wildman–Crippen LogP) is 4.11. The summed E-state index contributed by atoms with van der Waals surface area (Å²) in [6, 6.07) is 2.74. The Morgan fingerprint density at radius 3 is 2.67 bits per heavy atom. The molecule has 0 aliphatic heterocycles. The van der Waals surface area contributed by atoms with Gasteiger partial charge in [-0.25, -0.2) is 0 Å². The maximum absolute atomic E-state index is 3.63. The first-order valence-electron chi connectivity index (χ1n) is 6.52. The molecule has 0 amide bonds. The first-order valence-corrected chi connectivity index (χ1v) is 8.19. The molecule has 0 fully saturated rings. The van der Waals surface area contributed by atoms with E-state index in [4.69, 9.17) is 0 Å². The molecule has 0 saturated carbocycles. The molecule has 1 heterocycles. The lowest BCUT2D eigenvalue weighted by Crippen LogP contribution is -2.46. The molecule has 1 atom stereocenters. The van der Waals surface area contributed by atoms with Crippen molar-refractivity contribution in [1.82, 2.24) is 10.2 Å². The lowest BCUT2D eigenvalue weighted by molar-refractivity contribution is 0.225. The molecule has 0 aromatic carbocycles. The van der Waals surface area contributed by atoms with Gasteiger partial charge in [0.15, 0.2) is 0 Å². The van der Waals surface area contributed by atoms with Crippen LogP contribution in [-0.4, -0.2) is 30.1 Å². The van der Waals surface area contributed by atoms with Gasteiger partial charge in [0, 0.05) is 39.4 Å². The largest absolute Gasteiger partial charge is 0.310 e. The van der Waals surface area contributed by atoms with E-state index < -0.39 is 0 Å². The Morgan fingerprint density at radius 2 is 2.17 bits per heavy atom. The van der Waals surface area contributed by atoms with E-state index in [9.17, 15) is 0 Å². The van der Waals surface area contributed by atoms with Crippen LogP contribution < -0.4 is 5.32 Å². The van der Waals surface area contributed by atoms with Crippen LogP contribution in [0.1, 0.15) is 39.0 Å². The minimum atomic E-state index is 0.237. The molecular formula is C14H25BrN2S. The highest BCUT2D eigenvalue weighted by molar-refractivity contribution is 9.10. The molecule has 1 N–H and O–H groups in total. The third kappa shape index (κ3) is 5.39. The molecule has 104 valence electrons. The second-order valence-electron chi connectivity index (χ2n) is 5.61. The van der Waals surface area contributed by atoms with Crippen LogP contribution in [0, 0.1) is 0 Å². The van der Waals surface area contributed by atoms with Gasteiger partial charge in [-0.2, -0.15) is 0 Å². The summed E-state index contributed by atoms with van der Waals surface area (Å²) in [6.45, 7) is 11.1. The molecule has 0 saturated heterocycles. The summed E-state index contributed by atoms with van der Waals surface area (Å²) in [5, 5.41) is 5.78. The van der Waals surface area contributed by atoms with Crippen molar-refractivity contribution >= 4 is 27.3 Å². The van der Waals surface area contributed by atoms with Crippen LogP contribution in [0.4, 0.5) is 0 Å². The van der Waals surface area contributed by atoms with Crippen LogP contribution in [0.25, 0.3) is 0 Å². The minimum absolute atomic E-state index is 0.237. The fourth-order valence-electron chi connectivity index (χ4n) is 1.54. The van der Waals surface area contributed by atoms with Crippen molar-refractivity contribution in [3.05, 3.63) is 20.8 Å². The maximum atomic E-state index is 3.63. The number of rotatable bonds is 7. The van der Waals surface area contributed by atoms with Crippen molar-refractivity contribution in [2.45, 2.75) is 52.2 Å². The molecule has 1 unspecified atom stereocenters. The minimum Gasteiger partial charge on any atom is -0.310 e. The van der Waals surface area contributed by atoms with Crippen LogP contribution in [0.15, 0.2) is 15.9 Å². The van der Waals surface area contributed by atoms with Crippen LogP contribution >= 0.6 is 27.3 Å². The van der Waals surface area contributed by atoms with E-state index in [0.717, 1.165) is 19.5 Å². The molecule has 1 aromatic heterocycles. The smallest absolute Gasteiger partial charge is 0.0328 e. The molecule has 1 rings (SSSR count). The van der Waals surface area contributed by atoms with Gasteiger partial charge in [0.1, 0.15) is 0 Å². The second-order valence-corrected chi connectivity index (χ2v) is 7.53. The Labute approximate surface area is 124 Å². The standard InChI is InChI=1S/C14H25BrN2S/c1-6-14(3,4)16-8-11(2)17(5)9-13-7-12(15)10-18-13/h7,10-11,16H,6,8-9H2,1-5H3. The van der Waals surface area contributed by atoms with Crippen LogP contribution in [0.3, 0.4) is 0 Å². The Kier molecular flexibility index (Phi) is 6.31. The SMILES string of the molecule is CCC(C)(C)NCC(C)N(C)Cc1cc(Br)cs1. The van der Waals surface area contributed by atoms with Crippen LogP contribution in [-0.2, 0) is 6.54 Å². The Hall–Kier alpha value is 0.1000. The molecule has 1 aromatic rings. The fourth-order valence-corrected chi connectivity index (χ4v) is 3.06. The number of nitrogens with zero attached hydrogens (tertiary/aromatic N) is 1. The van der Waals surface area contributed by atoms with Gasteiger partial charge in [0.25, 0.3) is 0 Å². The molecule has 0 aliphatic carbocycles. The van der Waals surface area contributed by atoms with Gasteiger partial charge >= 0.3 is 0 Å². The van der Waals surface area contributed by atoms with Gasteiger partial charge in [0.2, 0.25) is 0 Å². The molecule has 4 heteroatoms. The molecule has 18 heavy (non-hydrogen) atoms. The van der Waals surface area contributed by atoms with Gasteiger partial charge in [-0.3, -0.25) is 4.90 Å². The van der Waals surface area contributed by atoms with Gasteiger partial charge in [0.05, 0.1) is 0 Å². The van der Waals surface area contributed by atoms with Gasteiger partial charge < -0.3 is 5.32 Å². The van der Waals surface area contributed by atoms with E-state index in [1.807, 2.05) is 11.3 Å². The maximum Gasteiger partial charge on any atom is 0.0328 e. The first kappa shape index (κ1) is 16.2. The number of thiophene rings is 1. The average Bonchev–Trinajstić information content (AvgIpc) is 2.71. The third-order valence-corrected chi connectivity index (χ3v) is 5.22. The Balaban J connectivity index is 2.39. The summed E-state index contributed by atoms with van der Waals surface area (Å²) in [5.74, 6) is 0. The zero-order valence-corrected chi connectivity index (χ0v) is 14.5. The van der Waals surface area contributed by atoms with Crippen molar-refractivity contribution in [3.63, 3.8) is 0 Å². The Morgan fingerprint density at radius 1 is 1.50 bits per heavy atom. The van der Waals surface area contributed by atoms with E-state index in [-0.39, 0.29) is 5.54 Å². The van der Waals surface area contributed by atoms with E-state index in [0.29, 0.717) is 6.04 Å². The van der Waals surface area contributed by atoms with Crippen molar-refractivity contribution in [1.29, 1.82) is 0 Å². The number of likely N-dealkylation sites (N-methyl/N-ethyl adjacent to an activating group) is 1. The number of nitrogens with one attached hydrogen (secondary N) is 1. The molecule has 0 radical (unpaired) electrons. The number of hydrogen-bond acceptors (Lipinski definition) is 3. The van der Waals surface area contributed by atoms with Crippen molar-refractivity contribution < 1.29 is 0 Å². The van der Waals surface area contributed by atoms with Crippen molar-refractivity contribution in [2.75, 3.05) is 13.6 Å². The monoisotopic (exact) mass is 332 g/mol. The van der Waals surface area contributed by atoms with Gasteiger partial charge in [-0.1, -0.05) is 6.92 Å². The lowest BCUT2D eigenvalue weighted by Gasteiger charge is -2.30. The highest BCUT2D eigenvalue weighted by atomic mass is 79.9. The van der Waals surface area contributed by atoms with Crippen molar-refractivity contribution in [3.8, 4) is 0 Å². The summed E-state index contributed by atoms with van der Waals surface area (Å²) >= 11 is 5.32. The van der Waals surface area contributed by atoms with Crippen LogP contribution in [0.5, 0.6) is 0 Å². The molecule has 0 bridgehead atoms. The summed E-state index contributed by atoms with van der Waals surface area (Å²) < 4.78 is 1.19. The van der Waals surface area contributed by atoms with E-state index >= 15 is 0 Å². The predicted molar refractivity (Wildman–Crippen MR) is 85.3 cm³/mol. The quantitative estimate of drug-likeness (QED) is 0.808. The van der Waals surface area contributed by atoms with Crippen molar-refractivity contribution in [2.24, 2.45) is 0 Å². The summed E-state index contributed by atoms with van der Waals surface area (Å²) in [5.41, 5.74) is 0.237. The highest BCUT2D eigenvalue weighted by Gasteiger charge is 2.17. The Bertz CT molecular complexity index is 362. The summed E-state index contributed by atoms with van der Waals surface area (Å²) in [6.07, 6.45) is 1.15. The van der Waals surface area contributed by atoms with E-state index in [2.05, 4.69) is 72.3 Å². The average molecular weight is 333 g/mol. The third-order valence-electron chi connectivity index (χ3n) is 3.54. The van der Waals surface area contributed by atoms with Gasteiger partial charge in [-0.15, -0.1) is 11.3 Å². The van der Waals surface area contributed by atoms with Crippen LogP contribution in [0.2, 0.25) is 0 Å². The van der Waals surface area contributed by atoms with Gasteiger partial charge in [-0.05, 0) is 56.2 Å². The summed E-state index contributed by atoms with van der Waals surface area (Å²) in [7, 11) is 2.19. The zero-order valence-electron chi connectivity index (χ0n) is 12.1. The highest BCUT2D eigenvalue weighted by Crippen LogP contribution is 2.21. The topological polar surface area (TPSA) is 15.3 Å².